The van der Waals surface area contributed by atoms with Crippen molar-refractivity contribution < 1.29 is 8.78 Å². The lowest BCUT2D eigenvalue weighted by molar-refractivity contribution is 0.302. The van der Waals surface area contributed by atoms with Gasteiger partial charge in [-0.05, 0) is 52.3 Å². The molecule has 3 aromatic rings. The first-order valence-corrected chi connectivity index (χ1v) is 9.51. The maximum absolute atomic E-state index is 15.0. The summed E-state index contributed by atoms with van der Waals surface area (Å²) in [6.45, 7) is 1.82. The highest BCUT2D eigenvalue weighted by atomic mass is 79.9. The predicted molar refractivity (Wildman–Crippen MR) is 99.6 cm³/mol. The Labute approximate surface area is 160 Å². The van der Waals surface area contributed by atoms with Crippen LogP contribution in [0.5, 0.6) is 0 Å². The minimum Gasteiger partial charge on any atom is -0.363 e. The fourth-order valence-electron chi connectivity index (χ4n) is 2.38. The van der Waals surface area contributed by atoms with Crippen molar-refractivity contribution in [2.45, 2.75) is 32.1 Å². The molecule has 5 nitrogen and oxygen atoms in total. The molecule has 25 heavy (non-hydrogen) atoms. The number of hydrogen-bond donors (Lipinski definition) is 2. The van der Waals surface area contributed by atoms with E-state index >= 15 is 0 Å². The fraction of sp³-hybridized carbons (Fsp3) is 0.333. The zero-order valence-electron chi connectivity index (χ0n) is 13.1. The zero-order valence-corrected chi connectivity index (χ0v) is 16.3. The first kappa shape index (κ1) is 18.5. The Hall–Kier alpha value is -1.29. The van der Waals surface area contributed by atoms with Crippen LogP contribution in [0, 0.1) is 5.82 Å². The van der Waals surface area contributed by atoms with Crippen LogP contribution in [-0.2, 0) is 13.0 Å². The number of nitrogens with two attached hydrogens (primary N) is 1. The van der Waals surface area contributed by atoms with Gasteiger partial charge in [0, 0.05) is 16.5 Å². The van der Waals surface area contributed by atoms with E-state index in [1.807, 2.05) is 17.5 Å². The summed E-state index contributed by atoms with van der Waals surface area (Å²) in [5.41, 5.74) is 6.13. The minimum absolute atomic E-state index is 0.0232. The highest BCUT2D eigenvalue weighted by Crippen LogP contribution is 2.32. The van der Waals surface area contributed by atoms with Gasteiger partial charge in [-0.25, -0.2) is 13.3 Å². The molecule has 0 aliphatic carbocycles. The van der Waals surface area contributed by atoms with E-state index < -0.39 is 18.0 Å². The summed E-state index contributed by atoms with van der Waals surface area (Å²) >= 11 is 10.8. The summed E-state index contributed by atoms with van der Waals surface area (Å²) in [4.78, 5) is 5.15. The summed E-state index contributed by atoms with van der Waals surface area (Å²) in [6.07, 6.45) is -1.24. The Morgan fingerprint density at radius 2 is 2.28 bits per heavy atom. The lowest BCUT2D eigenvalue weighted by Crippen LogP contribution is -2.32. The van der Waals surface area contributed by atoms with Gasteiger partial charge in [0.2, 0.25) is 5.28 Å². The van der Waals surface area contributed by atoms with Crippen LogP contribution in [0.25, 0.3) is 5.52 Å². The average molecular weight is 451 g/mol. The van der Waals surface area contributed by atoms with Crippen LogP contribution in [0.3, 0.4) is 0 Å². The van der Waals surface area contributed by atoms with E-state index in [2.05, 4.69) is 31.3 Å². The molecule has 0 aromatic carbocycles. The van der Waals surface area contributed by atoms with Crippen LogP contribution in [0.15, 0.2) is 22.1 Å². The number of aromatic nitrogens is 3. The minimum atomic E-state index is -1.26. The molecule has 0 unspecified atom stereocenters. The van der Waals surface area contributed by atoms with Crippen molar-refractivity contribution in [2.24, 2.45) is 5.73 Å². The second kappa shape index (κ2) is 7.53. The van der Waals surface area contributed by atoms with Crippen LogP contribution < -0.4 is 11.1 Å². The number of alkyl halides is 1. The molecule has 0 bridgehead atoms. The molecule has 0 saturated carbocycles. The SMILES string of the molecule is C[C@H](F)[C@H](N)Cc1c(F)c2c(NCc3cccs3)nc(Cl)nn2c1Br. The normalized spacial score (nSPS) is 14.0. The van der Waals surface area contributed by atoms with E-state index in [4.69, 9.17) is 17.3 Å². The number of nitrogens with zero attached hydrogens (tertiary/aromatic N) is 3. The molecule has 2 atom stereocenters. The number of anilines is 1. The average Bonchev–Trinajstić information content (AvgIpc) is 3.15. The van der Waals surface area contributed by atoms with Crippen molar-refractivity contribution in [3.63, 3.8) is 0 Å². The largest absolute Gasteiger partial charge is 0.363 e. The Morgan fingerprint density at radius 1 is 1.52 bits per heavy atom. The van der Waals surface area contributed by atoms with E-state index in [9.17, 15) is 8.78 Å². The van der Waals surface area contributed by atoms with Crippen LogP contribution in [0.4, 0.5) is 14.6 Å². The van der Waals surface area contributed by atoms with Crippen molar-refractivity contribution in [1.29, 1.82) is 0 Å². The highest BCUT2D eigenvalue weighted by molar-refractivity contribution is 9.10. The van der Waals surface area contributed by atoms with Crippen molar-refractivity contribution >= 4 is 50.2 Å². The molecule has 3 heterocycles. The van der Waals surface area contributed by atoms with Gasteiger partial charge >= 0.3 is 0 Å². The van der Waals surface area contributed by atoms with Crippen LogP contribution >= 0.6 is 38.9 Å². The number of hydrogen-bond acceptors (Lipinski definition) is 5. The third-order valence-electron chi connectivity index (χ3n) is 3.77. The van der Waals surface area contributed by atoms with Gasteiger partial charge in [-0.3, -0.25) is 0 Å². The molecule has 0 aliphatic rings. The van der Waals surface area contributed by atoms with Gasteiger partial charge in [-0.15, -0.1) is 16.4 Å². The molecular formula is C15H15BrClF2N5S. The molecule has 3 aromatic heterocycles. The van der Waals surface area contributed by atoms with Gasteiger partial charge in [-0.1, -0.05) is 6.07 Å². The van der Waals surface area contributed by atoms with Gasteiger partial charge in [0.25, 0.3) is 0 Å². The fourth-order valence-corrected chi connectivity index (χ4v) is 3.78. The maximum atomic E-state index is 15.0. The quantitative estimate of drug-likeness (QED) is 0.591. The standard InChI is InChI=1S/C15H15BrClF2N5S/c1-7(18)10(20)5-9-11(19)12-14(21-6-8-3-2-4-25-8)22-15(17)23-24(12)13(9)16/h2-4,7,10H,5-6,20H2,1H3,(H,21,22,23)/t7-,10+/m0/s1. The van der Waals surface area contributed by atoms with Gasteiger partial charge in [0.05, 0.1) is 6.54 Å². The Kier molecular flexibility index (Phi) is 5.57. The van der Waals surface area contributed by atoms with Gasteiger partial charge in [0.1, 0.15) is 16.3 Å². The van der Waals surface area contributed by atoms with E-state index in [1.165, 1.54) is 11.4 Å². The third kappa shape index (κ3) is 3.79. The summed E-state index contributed by atoms with van der Waals surface area (Å²) < 4.78 is 30.0. The number of rotatable bonds is 6. The summed E-state index contributed by atoms with van der Waals surface area (Å²) in [5.74, 6) is -0.284. The van der Waals surface area contributed by atoms with E-state index in [0.717, 1.165) is 4.88 Å². The molecule has 0 spiro atoms. The summed E-state index contributed by atoms with van der Waals surface area (Å²) in [7, 11) is 0. The molecule has 0 fully saturated rings. The Morgan fingerprint density at radius 3 is 2.92 bits per heavy atom. The van der Waals surface area contributed by atoms with Gasteiger partial charge < -0.3 is 11.1 Å². The first-order valence-electron chi connectivity index (χ1n) is 7.46. The second-order valence-electron chi connectivity index (χ2n) is 5.55. The summed E-state index contributed by atoms with van der Waals surface area (Å²) in [6, 6.07) is 3.06. The lowest BCUT2D eigenvalue weighted by atomic mass is 10.1. The van der Waals surface area contributed by atoms with Crippen molar-refractivity contribution in [3.8, 4) is 0 Å². The first-order chi connectivity index (χ1) is 11.9. The molecule has 134 valence electrons. The topological polar surface area (TPSA) is 68.2 Å². The Bertz CT molecular complexity index is 884. The number of fused-ring (bicyclic) bond motifs is 1. The molecule has 0 saturated heterocycles. The monoisotopic (exact) mass is 449 g/mol. The Balaban J connectivity index is 2.02. The van der Waals surface area contributed by atoms with E-state index in [-0.39, 0.29) is 28.6 Å². The molecule has 0 amide bonds. The van der Waals surface area contributed by atoms with Crippen molar-refractivity contribution in [2.75, 3.05) is 5.32 Å². The van der Waals surface area contributed by atoms with Gasteiger partial charge in [-0.2, -0.15) is 4.98 Å². The number of thiophene rings is 1. The number of halogens is 4. The molecule has 3 N–H and O–H groups in total. The van der Waals surface area contributed by atoms with Crippen molar-refractivity contribution in [1.82, 2.24) is 14.6 Å². The van der Waals surface area contributed by atoms with Crippen LogP contribution in [-0.4, -0.2) is 26.8 Å². The smallest absolute Gasteiger partial charge is 0.243 e. The second-order valence-corrected chi connectivity index (χ2v) is 7.67. The summed E-state index contributed by atoms with van der Waals surface area (Å²) in [5, 5.41) is 9.02. The van der Waals surface area contributed by atoms with Gasteiger partial charge in [0.15, 0.2) is 11.6 Å². The molecule has 3 rings (SSSR count). The number of nitrogens with one attached hydrogen (secondary N) is 1. The molecule has 0 radical (unpaired) electrons. The molecule has 0 aliphatic heterocycles. The van der Waals surface area contributed by atoms with Crippen molar-refractivity contribution in [3.05, 3.63) is 43.7 Å². The van der Waals surface area contributed by atoms with Crippen LogP contribution in [0.1, 0.15) is 17.4 Å². The van der Waals surface area contributed by atoms with Crippen LogP contribution in [0.2, 0.25) is 5.28 Å². The van der Waals surface area contributed by atoms with E-state index in [0.29, 0.717) is 11.1 Å². The van der Waals surface area contributed by atoms with E-state index in [1.54, 1.807) is 11.3 Å². The lowest BCUT2D eigenvalue weighted by Gasteiger charge is -2.11. The highest BCUT2D eigenvalue weighted by Gasteiger charge is 2.25. The molecular weight excluding hydrogens is 436 g/mol. The molecule has 10 heteroatoms. The maximum Gasteiger partial charge on any atom is 0.243 e. The third-order valence-corrected chi connectivity index (χ3v) is 5.62. The predicted octanol–water partition coefficient (Wildman–Crippen LogP) is 4.19. The zero-order chi connectivity index (χ0) is 18.1.